The van der Waals surface area contributed by atoms with Gasteiger partial charge >= 0.3 is 5.97 Å². The van der Waals surface area contributed by atoms with Gasteiger partial charge in [0.1, 0.15) is 0 Å². The Bertz CT molecular complexity index is 157. The monoisotopic (exact) mass is 174 g/mol. The van der Waals surface area contributed by atoms with Crippen molar-refractivity contribution in [3.63, 3.8) is 0 Å². The molecule has 0 amide bonds. The molecule has 0 saturated heterocycles. The Labute approximate surface area is 73.2 Å². The van der Waals surface area contributed by atoms with Gasteiger partial charge in [-0.15, -0.1) is 0 Å². The number of rotatable bonds is 5. The predicted octanol–water partition coefficient (Wildman–Crippen LogP) is 1.18. The third-order valence-corrected chi connectivity index (χ3v) is 1.55. The van der Waals surface area contributed by atoms with Gasteiger partial charge in [0.25, 0.3) is 0 Å². The highest BCUT2D eigenvalue weighted by molar-refractivity contribution is 5.87. The molecule has 1 unspecified atom stereocenters. The average molecular weight is 174 g/mol. The zero-order valence-electron chi connectivity index (χ0n) is 7.76. The minimum absolute atomic E-state index is 0. The van der Waals surface area contributed by atoms with Crippen LogP contribution in [-0.2, 0) is 4.79 Å². The fraction of sp³-hybridized carbons (Fsp3) is 0.625. The molecule has 0 aliphatic rings. The molecule has 0 aromatic carbocycles. The molecule has 0 aromatic heterocycles. The van der Waals surface area contributed by atoms with Crippen molar-refractivity contribution in [2.75, 3.05) is 6.54 Å². The van der Waals surface area contributed by atoms with Gasteiger partial charge in [-0.05, 0) is 13.0 Å². The topological polar surface area (TPSA) is 84.3 Å². The Morgan fingerprint density at radius 3 is 2.33 bits per heavy atom. The zero-order valence-corrected chi connectivity index (χ0v) is 7.76. The van der Waals surface area contributed by atoms with Crippen molar-refractivity contribution >= 4 is 5.97 Å². The quantitative estimate of drug-likeness (QED) is 0.546. The number of hydrogen-bond acceptors (Lipinski definition) is 3. The van der Waals surface area contributed by atoms with Crippen LogP contribution in [0.15, 0.2) is 12.2 Å². The van der Waals surface area contributed by atoms with E-state index < -0.39 is 5.97 Å². The maximum Gasteiger partial charge on any atom is 0.332 e. The van der Waals surface area contributed by atoms with Crippen LogP contribution >= 0.6 is 0 Å². The van der Waals surface area contributed by atoms with Crippen LogP contribution in [0.3, 0.4) is 0 Å². The van der Waals surface area contributed by atoms with Gasteiger partial charge in [-0.3, -0.25) is 0 Å². The third-order valence-electron chi connectivity index (χ3n) is 1.55. The lowest BCUT2D eigenvalue weighted by Crippen LogP contribution is -2.32. The number of hydrogen-bond donors (Lipinski definition) is 3. The van der Waals surface area contributed by atoms with E-state index in [0.717, 1.165) is 13.0 Å². The molecule has 0 aliphatic carbocycles. The molecule has 0 saturated carbocycles. The predicted molar refractivity (Wildman–Crippen MR) is 49.6 cm³/mol. The number of nitrogens with one attached hydrogen (secondary N) is 1. The van der Waals surface area contributed by atoms with Crippen LogP contribution in [0.5, 0.6) is 0 Å². The van der Waals surface area contributed by atoms with Crippen molar-refractivity contribution in [3.8, 4) is 0 Å². The van der Waals surface area contributed by atoms with Crippen LogP contribution in [0.4, 0.5) is 0 Å². The van der Waals surface area contributed by atoms with E-state index in [1.165, 1.54) is 0 Å². The van der Waals surface area contributed by atoms with E-state index in [1.54, 1.807) is 0 Å². The first-order chi connectivity index (χ1) is 5.13. The van der Waals surface area contributed by atoms with E-state index in [2.05, 4.69) is 11.9 Å². The van der Waals surface area contributed by atoms with Crippen molar-refractivity contribution < 1.29 is 9.90 Å². The second-order valence-electron chi connectivity index (χ2n) is 2.35. The molecule has 0 rings (SSSR count). The van der Waals surface area contributed by atoms with Gasteiger partial charge in [0.15, 0.2) is 0 Å². The summed E-state index contributed by atoms with van der Waals surface area (Å²) in [6.07, 6.45) is 0.763. The fourth-order valence-corrected chi connectivity index (χ4v) is 0.909. The molecule has 0 spiro atoms. The standard InChI is InChI=1S/C8H15NO2.H3N/c1-4-7(9-5-2)6(3)8(10)11;/h7,9H,3-5H2,1-2H3,(H,10,11);1H3. The summed E-state index contributed by atoms with van der Waals surface area (Å²) in [7, 11) is 0. The summed E-state index contributed by atoms with van der Waals surface area (Å²) >= 11 is 0. The molecule has 0 aromatic rings. The van der Waals surface area contributed by atoms with Gasteiger partial charge in [-0.1, -0.05) is 20.4 Å². The summed E-state index contributed by atoms with van der Waals surface area (Å²) in [5.41, 5.74) is 0.245. The molecule has 0 bridgehead atoms. The minimum Gasteiger partial charge on any atom is -0.478 e. The lowest BCUT2D eigenvalue weighted by atomic mass is 10.1. The van der Waals surface area contributed by atoms with Crippen LogP contribution in [0.25, 0.3) is 0 Å². The molecular formula is C8H18N2O2. The Morgan fingerprint density at radius 1 is 1.58 bits per heavy atom. The van der Waals surface area contributed by atoms with E-state index in [-0.39, 0.29) is 17.8 Å². The lowest BCUT2D eigenvalue weighted by Gasteiger charge is -2.14. The summed E-state index contributed by atoms with van der Waals surface area (Å²) < 4.78 is 0. The molecule has 0 radical (unpaired) electrons. The average Bonchev–Trinajstić information content (AvgIpc) is 1.98. The van der Waals surface area contributed by atoms with E-state index in [4.69, 9.17) is 5.11 Å². The second-order valence-corrected chi connectivity index (χ2v) is 2.35. The highest BCUT2D eigenvalue weighted by Gasteiger charge is 2.14. The smallest absolute Gasteiger partial charge is 0.332 e. The van der Waals surface area contributed by atoms with Gasteiger partial charge < -0.3 is 16.6 Å². The number of carboxylic acids is 1. The van der Waals surface area contributed by atoms with Crippen molar-refractivity contribution in [3.05, 3.63) is 12.2 Å². The first-order valence-electron chi connectivity index (χ1n) is 3.78. The molecule has 5 N–H and O–H groups in total. The molecule has 0 heterocycles. The SMILES string of the molecule is C=C(C(=O)O)C(CC)NCC.N. The molecule has 12 heavy (non-hydrogen) atoms. The van der Waals surface area contributed by atoms with Gasteiger partial charge in [-0.25, -0.2) is 4.79 Å². The summed E-state index contributed by atoms with van der Waals surface area (Å²) in [6, 6.07) is -0.0856. The van der Waals surface area contributed by atoms with E-state index >= 15 is 0 Å². The summed E-state index contributed by atoms with van der Waals surface area (Å²) in [5, 5.41) is 11.6. The van der Waals surface area contributed by atoms with Gasteiger partial charge in [0, 0.05) is 11.6 Å². The Hall–Kier alpha value is -0.870. The van der Waals surface area contributed by atoms with Crippen molar-refractivity contribution in [1.82, 2.24) is 11.5 Å². The van der Waals surface area contributed by atoms with Crippen molar-refractivity contribution in [2.24, 2.45) is 0 Å². The minimum atomic E-state index is -0.919. The first-order valence-corrected chi connectivity index (χ1v) is 3.78. The summed E-state index contributed by atoms with van der Waals surface area (Å²) in [6.45, 7) is 8.12. The normalized spacial score (nSPS) is 11.5. The number of aliphatic carboxylic acids is 1. The largest absolute Gasteiger partial charge is 0.478 e. The van der Waals surface area contributed by atoms with E-state index in [9.17, 15) is 4.79 Å². The summed E-state index contributed by atoms with van der Waals surface area (Å²) in [4.78, 5) is 10.4. The summed E-state index contributed by atoms with van der Waals surface area (Å²) in [5.74, 6) is -0.919. The van der Waals surface area contributed by atoms with Gasteiger partial charge in [0.05, 0.1) is 0 Å². The maximum absolute atomic E-state index is 10.4. The molecule has 4 nitrogen and oxygen atoms in total. The van der Waals surface area contributed by atoms with E-state index in [0.29, 0.717) is 0 Å². The number of carbonyl (C=O) groups is 1. The molecule has 4 heteroatoms. The molecular weight excluding hydrogens is 156 g/mol. The Kier molecular flexibility index (Phi) is 7.78. The van der Waals surface area contributed by atoms with Crippen LogP contribution in [0.2, 0.25) is 0 Å². The molecule has 1 atom stereocenters. The zero-order chi connectivity index (χ0) is 8.85. The highest BCUT2D eigenvalue weighted by atomic mass is 16.4. The van der Waals surface area contributed by atoms with E-state index in [1.807, 2.05) is 13.8 Å². The number of carboxylic acid groups (broad SMARTS) is 1. The molecule has 0 fully saturated rings. The molecule has 72 valence electrons. The van der Waals surface area contributed by atoms with Crippen LogP contribution in [0, 0.1) is 0 Å². The van der Waals surface area contributed by atoms with Crippen LogP contribution in [-0.4, -0.2) is 23.7 Å². The van der Waals surface area contributed by atoms with Crippen LogP contribution in [0.1, 0.15) is 20.3 Å². The van der Waals surface area contributed by atoms with Crippen molar-refractivity contribution in [1.29, 1.82) is 0 Å². The maximum atomic E-state index is 10.4. The van der Waals surface area contributed by atoms with Crippen LogP contribution < -0.4 is 11.5 Å². The Balaban J connectivity index is 0. The molecule has 0 aliphatic heterocycles. The van der Waals surface area contributed by atoms with Crippen molar-refractivity contribution in [2.45, 2.75) is 26.3 Å². The second kappa shape index (κ2) is 6.82. The lowest BCUT2D eigenvalue weighted by molar-refractivity contribution is -0.133. The Morgan fingerprint density at radius 2 is 2.08 bits per heavy atom. The first kappa shape index (κ1) is 13.7. The number of likely N-dealkylation sites (N-methyl/N-ethyl adjacent to an activating group) is 1. The third kappa shape index (κ3) is 4.10. The van der Waals surface area contributed by atoms with Gasteiger partial charge in [0.2, 0.25) is 0 Å². The highest BCUT2D eigenvalue weighted by Crippen LogP contribution is 2.03. The fourth-order valence-electron chi connectivity index (χ4n) is 0.909. The van der Waals surface area contributed by atoms with Gasteiger partial charge in [-0.2, -0.15) is 0 Å².